The largest absolute Gasteiger partial charge is 0.391 e. The van der Waals surface area contributed by atoms with Crippen molar-refractivity contribution in [1.82, 2.24) is 4.90 Å². The fourth-order valence-corrected chi connectivity index (χ4v) is 4.27. The second kappa shape index (κ2) is 7.58. The summed E-state index contributed by atoms with van der Waals surface area (Å²) in [7, 11) is 0. The van der Waals surface area contributed by atoms with E-state index >= 15 is 0 Å². The molecule has 1 aliphatic heterocycles. The predicted molar refractivity (Wildman–Crippen MR) is 106 cm³/mol. The Morgan fingerprint density at radius 3 is 2.24 bits per heavy atom. The highest BCUT2D eigenvalue weighted by Gasteiger charge is 2.37. The van der Waals surface area contributed by atoms with Gasteiger partial charge in [0.05, 0.1) is 6.10 Å². The molecule has 0 saturated carbocycles. The van der Waals surface area contributed by atoms with Gasteiger partial charge >= 0.3 is 6.03 Å². The number of urea groups is 1. The third-order valence-corrected chi connectivity index (χ3v) is 5.63. The number of carbonyl (C=O) groups excluding carboxylic acids is 1. The number of thioether (sulfide) groups is 1. The van der Waals surface area contributed by atoms with Crippen LogP contribution in [0.25, 0.3) is 0 Å². The number of β-amino-alcohol motifs (C(OH)–C–C–N with tert-alkyl or cyclic N) is 1. The van der Waals surface area contributed by atoms with Crippen LogP contribution < -0.4 is 5.32 Å². The van der Waals surface area contributed by atoms with Gasteiger partial charge in [-0.2, -0.15) is 0 Å². The molecule has 0 unspecified atom stereocenters. The number of nitrogens with zero attached hydrogens (tertiary/aromatic N) is 1. The number of rotatable bonds is 2. The number of aliphatic hydroxyl groups is 1. The predicted octanol–water partition coefficient (Wildman–Crippen LogP) is 4.84. The highest BCUT2D eigenvalue weighted by Crippen LogP contribution is 2.35. The molecule has 0 radical (unpaired) electrons. The molecule has 0 aromatic heterocycles. The average Bonchev–Trinajstić information content (AvgIpc) is 2.46. The number of likely N-dealkylation sites (tertiary alicyclic amines) is 1. The fourth-order valence-electron chi connectivity index (χ4n) is 3.29. The minimum atomic E-state index is -0.468. The maximum absolute atomic E-state index is 12.5. The van der Waals surface area contributed by atoms with Gasteiger partial charge in [0.1, 0.15) is 0 Å². The Labute approximate surface area is 156 Å². The SMILES string of the molecule is CC(C)(C)Sc1ccc(NC(=O)N2CC[C@H](C(C)(C)C)[C@@H](O)C2)cc1. The number of piperidine rings is 1. The number of anilines is 1. The van der Waals surface area contributed by atoms with E-state index in [-0.39, 0.29) is 22.1 Å². The Morgan fingerprint density at radius 1 is 1.16 bits per heavy atom. The van der Waals surface area contributed by atoms with Crippen LogP contribution in [-0.4, -0.2) is 40.0 Å². The Bertz CT molecular complexity index is 587. The van der Waals surface area contributed by atoms with E-state index in [2.05, 4.69) is 46.9 Å². The summed E-state index contributed by atoms with van der Waals surface area (Å²) in [5.74, 6) is 0.227. The molecule has 1 aliphatic rings. The van der Waals surface area contributed by atoms with Crippen molar-refractivity contribution in [3.63, 3.8) is 0 Å². The summed E-state index contributed by atoms with van der Waals surface area (Å²) in [5, 5.41) is 13.4. The van der Waals surface area contributed by atoms with E-state index in [0.29, 0.717) is 13.1 Å². The van der Waals surface area contributed by atoms with E-state index in [1.165, 1.54) is 4.90 Å². The smallest absolute Gasteiger partial charge is 0.321 e. The number of hydrogen-bond acceptors (Lipinski definition) is 3. The number of hydrogen-bond donors (Lipinski definition) is 2. The van der Waals surface area contributed by atoms with Crippen molar-refractivity contribution in [2.45, 2.75) is 63.7 Å². The summed E-state index contributed by atoms with van der Waals surface area (Å²) in [6.45, 7) is 14.1. The molecular formula is C20H32N2O2S. The van der Waals surface area contributed by atoms with Crippen LogP contribution in [0.4, 0.5) is 10.5 Å². The second-order valence-electron chi connectivity index (χ2n) is 8.94. The molecule has 1 aromatic carbocycles. The third-order valence-electron chi connectivity index (χ3n) is 4.51. The molecule has 5 heteroatoms. The summed E-state index contributed by atoms with van der Waals surface area (Å²) in [6, 6.07) is 7.80. The van der Waals surface area contributed by atoms with Gasteiger partial charge in [0.2, 0.25) is 0 Å². The molecule has 140 valence electrons. The molecule has 1 saturated heterocycles. The molecule has 0 bridgehead atoms. The van der Waals surface area contributed by atoms with Crippen molar-refractivity contribution in [3.05, 3.63) is 24.3 Å². The van der Waals surface area contributed by atoms with Crippen LogP contribution in [0.1, 0.15) is 48.0 Å². The Morgan fingerprint density at radius 2 is 1.76 bits per heavy atom. The zero-order valence-corrected chi connectivity index (χ0v) is 17.1. The first-order chi connectivity index (χ1) is 11.5. The molecule has 2 rings (SSSR count). The molecule has 25 heavy (non-hydrogen) atoms. The second-order valence-corrected chi connectivity index (χ2v) is 10.8. The topological polar surface area (TPSA) is 52.6 Å². The number of benzene rings is 1. The number of amides is 2. The lowest BCUT2D eigenvalue weighted by Gasteiger charge is -2.42. The Balaban J connectivity index is 1.92. The Hall–Kier alpha value is -1.20. The van der Waals surface area contributed by atoms with Crippen molar-refractivity contribution >= 4 is 23.5 Å². The van der Waals surface area contributed by atoms with E-state index in [1.54, 1.807) is 16.7 Å². The first-order valence-corrected chi connectivity index (χ1v) is 9.80. The average molecular weight is 365 g/mol. The minimum absolute atomic E-state index is 0.0581. The molecule has 1 heterocycles. The highest BCUT2D eigenvalue weighted by atomic mass is 32.2. The summed E-state index contributed by atoms with van der Waals surface area (Å²) >= 11 is 1.80. The van der Waals surface area contributed by atoms with Gasteiger partial charge in [0.15, 0.2) is 0 Å². The normalized spacial score (nSPS) is 22.0. The Kier molecular flexibility index (Phi) is 6.10. The van der Waals surface area contributed by atoms with Crippen LogP contribution in [0, 0.1) is 11.3 Å². The molecule has 4 nitrogen and oxygen atoms in total. The van der Waals surface area contributed by atoms with Gasteiger partial charge < -0.3 is 15.3 Å². The van der Waals surface area contributed by atoms with Gasteiger partial charge in [-0.05, 0) is 42.0 Å². The quantitative estimate of drug-likeness (QED) is 0.739. The van der Waals surface area contributed by atoms with Crippen LogP contribution in [0.2, 0.25) is 0 Å². The number of carbonyl (C=O) groups is 1. The van der Waals surface area contributed by atoms with Gasteiger partial charge in [-0.1, -0.05) is 41.5 Å². The molecule has 2 atom stereocenters. The maximum Gasteiger partial charge on any atom is 0.321 e. The number of nitrogens with one attached hydrogen (secondary N) is 1. The van der Waals surface area contributed by atoms with E-state index in [4.69, 9.17) is 0 Å². The molecule has 1 fully saturated rings. The molecule has 2 N–H and O–H groups in total. The van der Waals surface area contributed by atoms with Crippen molar-refractivity contribution in [3.8, 4) is 0 Å². The van der Waals surface area contributed by atoms with Gasteiger partial charge in [-0.15, -0.1) is 11.8 Å². The van der Waals surface area contributed by atoms with E-state index < -0.39 is 6.10 Å². The van der Waals surface area contributed by atoms with E-state index in [0.717, 1.165) is 12.1 Å². The zero-order chi connectivity index (χ0) is 18.8. The van der Waals surface area contributed by atoms with E-state index in [1.807, 2.05) is 24.3 Å². The third kappa shape index (κ3) is 5.93. The summed E-state index contributed by atoms with van der Waals surface area (Å²) < 4.78 is 0.165. The summed E-state index contributed by atoms with van der Waals surface area (Å²) in [5.41, 5.74) is 0.846. The minimum Gasteiger partial charge on any atom is -0.391 e. The van der Waals surface area contributed by atoms with Crippen LogP contribution in [0.3, 0.4) is 0 Å². The van der Waals surface area contributed by atoms with Crippen LogP contribution in [0.15, 0.2) is 29.2 Å². The molecule has 0 aliphatic carbocycles. The molecular weight excluding hydrogens is 332 g/mol. The van der Waals surface area contributed by atoms with Crippen molar-refractivity contribution in [1.29, 1.82) is 0 Å². The van der Waals surface area contributed by atoms with Crippen LogP contribution in [0.5, 0.6) is 0 Å². The lowest BCUT2D eigenvalue weighted by Crippen LogP contribution is -2.51. The lowest BCUT2D eigenvalue weighted by molar-refractivity contribution is -0.0107. The van der Waals surface area contributed by atoms with Crippen molar-refractivity contribution in [2.75, 3.05) is 18.4 Å². The molecule has 0 spiro atoms. The van der Waals surface area contributed by atoms with E-state index in [9.17, 15) is 9.90 Å². The fraction of sp³-hybridized carbons (Fsp3) is 0.650. The highest BCUT2D eigenvalue weighted by molar-refractivity contribution is 8.00. The zero-order valence-electron chi connectivity index (χ0n) is 16.3. The van der Waals surface area contributed by atoms with Gasteiger partial charge in [0, 0.05) is 28.4 Å². The van der Waals surface area contributed by atoms with Crippen LogP contribution >= 0.6 is 11.8 Å². The summed E-state index contributed by atoms with van der Waals surface area (Å²) in [4.78, 5) is 15.4. The first kappa shape index (κ1) is 20.1. The molecule has 2 amide bonds. The molecule has 1 aromatic rings. The monoisotopic (exact) mass is 364 g/mol. The first-order valence-electron chi connectivity index (χ1n) is 8.99. The van der Waals surface area contributed by atoms with Gasteiger partial charge in [0.25, 0.3) is 0 Å². The maximum atomic E-state index is 12.5. The summed E-state index contributed by atoms with van der Waals surface area (Å²) in [6.07, 6.45) is 0.365. The van der Waals surface area contributed by atoms with Crippen molar-refractivity contribution < 1.29 is 9.90 Å². The van der Waals surface area contributed by atoms with Crippen molar-refractivity contribution in [2.24, 2.45) is 11.3 Å². The standard InChI is InChI=1S/C20H32N2O2S/c1-19(2,3)16-11-12-22(13-17(16)23)18(24)21-14-7-9-15(10-8-14)25-20(4,5)6/h7-10,16-17,23H,11-13H2,1-6H3,(H,21,24)/t16-,17-/m0/s1. The van der Waals surface area contributed by atoms with Gasteiger partial charge in [-0.25, -0.2) is 4.79 Å². The number of aliphatic hydroxyl groups excluding tert-OH is 1. The van der Waals surface area contributed by atoms with Crippen LogP contribution in [-0.2, 0) is 0 Å². The lowest BCUT2D eigenvalue weighted by atomic mass is 9.74. The van der Waals surface area contributed by atoms with Gasteiger partial charge in [-0.3, -0.25) is 0 Å².